The van der Waals surface area contributed by atoms with Crippen LogP contribution < -0.4 is 5.73 Å². The molecule has 1 saturated heterocycles. The Kier molecular flexibility index (Phi) is 3.79. The van der Waals surface area contributed by atoms with Crippen molar-refractivity contribution in [1.82, 2.24) is 14.5 Å². The van der Waals surface area contributed by atoms with Gasteiger partial charge in [-0.15, -0.1) is 0 Å². The van der Waals surface area contributed by atoms with Crippen LogP contribution in [0.25, 0.3) is 17.0 Å². The van der Waals surface area contributed by atoms with Crippen LogP contribution in [0.15, 0.2) is 18.2 Å². The number of nitrogens with two attached hydrogens (primary N) is 1. The molecule has 2 aromatic rings. The topological polar surface area (TPSA) is 101 Å². The molecule has 5 aliphatic rings. The first-order chi connectivity index (χ1) is 15.3. The monoisotopic (exact) mass is 432 g/mol. The van der Waals surface area contributed by atoms with E-state index in [0.717, 1.165) is 36.1 Å². The zero-order chi connectivity index (χ0) is 22.4. The van der Waals surface area contributed by atoms with Gasteiger partial charge in [0, 0.05) is 31.5 Å². The second-order valence-corrected chi connectivity index (χ2v) is 9.11. The fourth-order valence-electron chi connectivity index (χ4n) is 4.95. The molecule has 7 rings (SSSR count). The number of hydrogen-bond donors (Lipinski definition) is 2. The lowest BCUT2D eigenvalue weighted by Crippen LogP contribution is -2.37. The molecule has 0 radical (unpaired) electrons. The molecule has 2 amide bonds. The van der Waals surface area contributed by atoms with Gasteiger partial charge in [0.2, 0.25) is 5.60 Å². The van der Waals surface area contributed by atoms with E-state index in [0.29, 0.717) is 17.9 Å². The Balaban J connectivity index is 1.52. The number of primary amides is 1. The van der Waals surface area contributed by atoms with Gasteiger partial charge in [0.15, 0.2) is 0 Å². The number of imidazole rings is 1. The van der Waals surface area contributed by atoms with Crippen molar-refractivity contribution >= 4 is 17.4 Å². The zero-order valence-electron chi connectivity index (χ0n) is 17.5. The molecule has 7 nitrogen and oxygen atoms in total. The van der Waals surface area contributed by atoms with Gasteiger partial charge in [-0.05, 0) is 42.5 Å². The fourth-order valence-corrected chi connectivity index (χ4v) is 4.95. The zero-order valence-corrected chi connectivity index (χ0v) is 17.5. The Morgan fingerprint density at radius 1 is 1.34 bits per heavy atom. The van der Waals surface area contributed by atoms with Gasteiger partial charge in [-0.25, -0.2) is 9.37 Å². The normalized spacial score (nSPS) is 25.2. The third kappa shape index (κ3) is 2.61. The molecule has 2 bridgehead atoms. The van der Waals surface area contributed by atoms with E-state index < -0.39 is 23.2 Å². The molecular weight excluding hydrogens is 411 g/mol. The average molecular weight is 432 g/mol. The van der Waals surface area contributed by atoms with Crippen LogP contribution in [0, 0.1) is 17.7 Å². The van der Waals surface area contributed by atoms with E-state index in [1.807, 2.05) is 0 Å². The highest BCUT2D eigenvalue weighted by Gasteiger charge is 2.43. The molecule has 0 spiro atoms. The SMILES string of the molecule is CN1CC[C@](O)(C#Cc2cc3c(cc2F)C2=CC(C2)n2c-3nc(C(N)=O)c2C2CC2)C1=O. The van der Waals surface area contributed by atoms with Crippen LogP contribution >= 0.6 is 0 Å². The lowest BCUT2D eigenvalue weighted by atomic mass is 9.86. The van der Waals surface area contributed by atoms with Crippen molar-refractivity contribution in [2.45, 2.75) is 43.2 Å². The van der Waals surface area contributed by atoms with Crippen molar-refractivity contribution < 1.29 is 19.1 Å². The Morgan fingerprint density at radius 2 is 2.09 bits per heavy atom. The van der Waals surface area contributed by atoms with Crippen LogP contribution in [0.1, 0.15) is 65.0 Å². The van der Waals surface area contributed by atoms with Crippen molar-refractivity contribution in [2.75, 3.05) is 13.6 Å². The molecule has 3 aliphatic heterocycles. The van der Waals surface area contributed by atoms with Gasteiger partial charge >= 0.3 is 0 Å². The number of rotatable bonds is 2. The quantitative estimate of drug-likeness (QED) is 0.709. The van der Waals surface area contributed by atoms with E-state index in [9.17, 15) is 19.1 Å². The van der Waals surface area contributed by atoms with E-state index in [1.54, 1.807) is 13.1 Å². The number of aromatic nitrogens is 2. The molecule has 4 heterocycles. The predicted molar refractivity (Wildman–Crippen MR) is 114 cm³/mol. The maximum Gasteiger partial charge on any atom is 0.269 e. The van der Waals surface area contributed by atoms with Crippen molar-refractivity contribution in [3.63, 3.8) is 0 Å². The van der Waals surface area contributed by atoms with Crippen LogP contribution in [0.4, 0.5) is 4.39 Å². The number of aliphatic hydroxyl groups is 1. The number of allylic oxidation sites excluding steroid dienone is 2. The van der Waals surface area contributed by atoms with Crippen molar-refractivity contribution in [3.8, 4) is 23.2 Å². The van der Waals surface area contributed by atoms with E-state index in [4.69, 9.17) is 5.73 Å². The number of benzene rings is 1. The maximum absolute atomic E-state index is 15.0. The van der Waals surface area contributed by atoms with Gasteiger partial charge < -0.3 is 20.3 Å². The first-order valence-electron chi connectivity index (χ1n) is 10.7. The van der Waals surface area contributed by atoms with Crippen LogP contribution in [0.2, 0.25) is 0 Å². The second kappa shape index (κ2) is 6.30. The van der Waals surface area contributed by atoms with E-state index in [2.05, 4.69) is 27.5 Å². The number of amides is 2. The summed E-state index contributed by atoms with van der Waals surface area (Å²) in [5.74, 6) is 4.54. The highest BCUT2D eigenvalue weighted by atomic mass is 19.1. The number of hydrogen-bond acceptors (Lipinski definition) is 4. The summed E-state index contributed by atoms with van der Waals surface area (Å²) in [4.78, 5) is 30.4. The van der Waals surface area contributed by atoms with Crippen molar-refractivity contribution in [1.29, 1.82) is 0 Å². The summed E-state index contributed by atoms with van der Waals surface area (Å²) in [6.07, 6.45) is 4.96. The lowest BCUT2D eigenvalue weighted by Gasteiger charge is -2.26. The Bertz CT molecular complexity index is 1330. The summed E-state index contributed by atoms with van der Waals surface area (Å²) in [7, 11) is 1.60. The molecule has 1 unspecified atom stereocenters. The van der Waals surface area contributed by atoms with E-state index in [1.165, 1.54) is 11.0 Å². The molecule has 2 atom stereocenters. The molecule has 32 heavy (non-hydrogen) atoms. The second-order valence-electron chi connectivity index (χ2n) is 9.11. The summed E-state index contributed by atoms with van der Waals surface area (Å²) in [6, 6.07) is 3.10. The molecule has 2 aliphatic carbocycles. The van der Waals surface area contributed by atoms with Crippen LogP contribution in [-0.4, -0.2) is 50.6 Å². The molecule has 1 aromatic carbocycles. The number of carbonyl (C=O) groups excluding carboxylic acids is 2. The van der Waals surface area contributed by atoms with Crippen molar-refractivity contribution in [3.05, 3.63) is 46.5 Å². The van der Waals surface area contributed by atoms with Crippen LogP contribution in [0.5, 0.6) is 0 Å². The molecular formula is C24H21FN4O3. The molecule has 8 heteroatoms. The third-order valence-corrected chi connectivity index (χ3v) is 6.91. The minimum Gasteiger partial charge on any atom is -0.369 e. The van der Waals surface area contributed by atoms with Gasteiger partial charge in [0.25, 0.3) is 11.8 Å². The summed E-state index contributed by atoms with van der Waals surface area (Å²) in [6.45, 7) is 0.392. The first-order valence-corrected chi connectivity index (χ1v) is 10.7. The number of halogens is 1. The third-order valence-electron chi connectivity index (χ3n) is 6.91. The number of likely N-dealkylation sites (tertiary alicyclic amines) is 1. The van der Waals surface area contributed by atoms with Gasteiger partial charge in [-0.2, -0.15) is 0 Å². The minimum atomic E-state index is -1.81. The molecule has 2 fully saturated rings. The standard InChI is InChI=1S/C24H21FN4O3/c1-28-7-6-24(32,23(28)31)5-4-13-10-17-16(11-18(13)25)14-8-15(9-14)29-20(12-2-3-12)19(21(26)30)27-22(17)29/h8,10-12,15,32H,2-3,6-7,9H2,1H3,(H2,26,30)/t15?,24-/m1/s1. The van der Waals surface area contributed by atoms with Crippen LogP contribution in [-0.2, 0) is 4.79 Å². The minimum absolute atomic E-state index is 0.0635. The maximum atomic E-state index is 15.0. The first kappa shape index (κ1) is 19.3. The van der Waals surface area contributed by atoms with E-state index >= 15 is 0 Å². The smallest absolute Gasteiger partial charge is 0.269 e. The van der Waals surface area contributed by atoms with Crippen molar-refractivity contribution in [2.24, 2.45) is 5.73 Å². The summed E-state index contributed by atoms with van der Waals surface area (Å²) in [5.41, 5.74) is 7.49. The Labute approximate surface area is 183 Å². The number of nitrogens with zero attached hydrogens (tertiary/aromatic N) is 3. The molecule has 1 aromatic heterocycles. The van der Waals surface area contributed by atoms with Gasteiger partial charge in [-0.1, -0.05) is 17.9 Å². The Morgan fingerprint density at radius 3 is 2.72 bits per heavy atom. The number of likely N-dealkylation sites (N-methyl/N-ethyl adjacent to an activating group) is 1. The van der Waals surface area contributed by atoms with E-state index in [-0.39, 0.29) is 29.6 Å². The highest BCUT2D eigenvalue weighted by molar-refractivity contribution is 5.95. The summed E-state index contributed by atoms with van der Waals surface area (Å²) in [5, 5.41) is 10.6. The summed E-state index contributed by atoms with van der Waals surface area (Å²) >= 11 is 0. The highest BCUT2D eigenvalue weighted by Crippen LogP contribution is 2.52. The van der Waals surface area contributed by atoms with Gasteiger partial charge in [0.05, 0.1) is 17.3 Å². The largest absolute Gasteiger partial charge is 0.369 e. The summed E-state index contributed by atoms with van der Waals surface area (Å²) < 4.78 is 17.1. The molecule has 3 N–H and O–H groups in total. The van der Waals surface area contributed by atoms with Gasteiger partial charge in [0.1, 0.15) is 17.3 Å². The fraction of sp³-hybridized carbons (Fsp3) is 0.375. The molecule has 1 saturated carbocycles. The number of carbonyl (C=O) groups is 2. The molecule has 162 valence electrons. The predicted octanol–water partition coefficient (Wildman–Crippen LogP) is 1.95. The average Bonchev–Trinajstić information content (AvgIpc) is 3.48. The van der Waals surface area contributed by atoms with Crippen LogP contribution in [0.3, 0.4) is 0 Å². The lowest BCUT2D eigenvalue weighted by molar-refractivity contribution is -0.137. The van der Waals surface area contributed by atoms with Gasteiger partial charge in [-0.3, -0.25) is 9.59 Å². The Hall–Kier alpha value is -3.44.